The average molecular weight is 212 g/mol. The van der Waals surface area contributed by atoms with Crippen molar-refractivity contribution in [2.75, 3.05) is 6.54 Å². The summed E-state index contributed by atoms with van der Waals surface area (Å²) in [5.41, 5.74) is -0.107. The number of hydrogen-bond donors (Lipinski definition) is 2. The lowest BCUT2D eigenvalue weighted by molar-refractivity contribution is -0.122. The first-order chi connectivity index (χ1) is 6.97. The molecule has 0 bridgehead atoms. The second-order valence-corrected chi connectivity index (χ2v) is 5.48. The largest absolute Gasteiger partial charge is 0.351 e. The third-order valence-corrected chi connectivity index (χ3v) is 2.65. The van der Waals surface area contributed by atoms with Gasteiger partial charge < -0.3 is 10.6 Å². The molecule has 0 heterocycles. The van der Waals surface area contributed by atoms with Crippen LogP contribution in [-0.4, -0.2) is 24.0 Å². The van der Waals surface area contributed by atoms with Gasteiger partial charge in [0.2, 0.25) is 5.91 Å². The Balaban J connectivity index is 2.06. The Morgan fingerprint density at radius 1 is 1.27 bits per heavy atom. The van der Waals surface area contributed by atoms with Crippen molar-refractivity contribution < 1.29 is 4.79 Å². The molecule has 0 saturated heterocycles. The van der Waals surface area contributed by atoms with Crippen LogP contribution in [0.25, 0.3) is 0 Å². The van der Waals surface area contributed by atoms with E-state index in [2.05, 4.69) is 10.6 Å². The molecule has 1 amide bonds. The van der Waals surface area contributed by atoms with Gasteiger partial charge in [-0.3, -0.25) is 4.79 Å². The number of nitrogens with one attached hydrogen (secondary N) is 2. The molecule has 0 spiro atoms. The van der Waals surface area contributed by atoms with E-state index in [4.69, 9.17) is 0 Å². The van der Waals surface area contributed by atoms with Crippen LogP contribution in [0.4, 0.5) is 0 Å². The standard InChI is InChI=1S/C12H24N2O/c1-12(2,3)14-11(15)8-9-13-10-6-4-5-7-10/h10,13H,4-9H2,1-3H3,(H,14,15). The minimum atomic E-state index is -0.107. The van der Waals surface area contributed by atoms with Crippen molar-refractivity contribution in [1.29, 1.82) is 0 Å². The molecule has 1 saturated carbocycles. The Hall–Kier alpha value is -0.570. The molecule has 0 unspecified atom stereocenters. The second-order valence-electron chi connectivity index (χ2n) is 5.48. The van der Waals surface area contributed by atoms with Gasteiger partial charge in [0.1, 0.15) is 0 Å². The SMILES string of the molecule is CC(C)(C)NC(=O)CCNC1CCCC1. The Kier molecular flexibility index (Phi) is 4.58. The fourth-order valence-corrected chi connectivity index (χ4v) is 2.00. The third kappa shape index (κ3) is 5.78. The Bertz CT molecular complexity index is 202. The molecule has 3 heteroatoms. The zero-order valence-electron chi connectivity index (χ0n) is 10.2. The molecule has 3 nitrogen and oxygen atoms in total. The van der Waals surface area contributed by atoms with Crippen molar-refractivity contribution in [3.63, 3.8) is 0 Å². The maximum absolute atomic E-state index is 11.5. The summed E-state index contributed by atoms with van der Waals surface area (Å²) < 4.78 is 0. The van der Waals surface area contributed by atoms with Crippen LogP contribution in [0.5, 0.6) is 0 Å². The lowest BCUT2D eigenvalue weighted by atomic mass is 10.1. The van der Waals surface area contributed by atoms with Crippen molar-refractivity contribution >= 4 is 5.91 Å². The maximum Gasteiger partial charge on any atom is 0.221 e. The van der Waals surface area contributed by atoms with Crippen molar-refractivity contribution in [2.24, 2.45) is 0 Å². The van der Waals surface area contributed by atoms with Gasteiger partial charge in [-0.2, -0.15) is 0 Å². The first-order valence-electron chi connectivity index (χ1n) is 6.02. The predicted octanol–water partition coefficient (Wildman–Crippen LogP) is 1.82. The molecule has 1 aliphatic rings. The molecular formula is C12H24N2O. The van der Waals surface area contributed by atoms with E-state index in [1.165, 1.54) is 25.7 Å². The highest BCUT2D eigenvalue weighted by atomic mass is 16.1. The molecule has 15 heavy (non-hydrogen) atoms. The third-order valence-electron chi connectivity index (χ3n) is 2.65. The van der Waals surface area contributed by atoms with Crippen molar-refractivity contribution in [3.05, 3.63) is 0 Å². The number of carbonyl (C=O) groups excluding carboxylic acids is 1. The number of hydrogen-bond acceptors (Lipinski definition) is 2. The molecule has 1 fully saturated rings. The van der Waals surface area contributed by atoms with Gasteiger partial charge in [0.05, 0.1) is 0 Å². The van der Waals surface area contributed by atoms with Gasteiger partial charge in [-0.25, -0.2) is 0 Å². The van der Waals surface area contributed by atoms with E-state index >= 15 is 0 Å². The highest BCUT2D eigenvalue weighted by molar-refractivity contribution is 5.76. The van der Waals surface area contributed by atoms with E-state index in [9.17, 15) is 4.79 Å². The molecule has 0 aromatic rings. The minimum Gasteiger partial charge on any atom is -0.351 e. The van der Waals surface area contributed by atoms with Crippen LogP contribution in [0.3, 0.4) is 0 Å². The fourth-order valence-electron chi connectivity index (χ4n) is 2.00. The molecule has 0 atom stereocenters. The summed E-state index contributed by atoms with van der Waals surface area (Å²) in [5, 5.41) is 6.40. The zero-order chi connectivity index (χ0) is 11.3. The smallest absolute Gasteiger partial charge is 0.221 e. The van der Waals surface area contributed by atoms with E-state index in [-0.39, 0.29) is 11.4 Å². The molecule has 0 aromatic carbocycles. The quantitative estimate of drug-likeness (QED) is 0.746. The molecular weight excluding hydrogens is 188 g/mol. The summed E-state index contributed by atoms with van der Waals surface area (Å²) in [6, 6.07) is 0.660. The van der Waals surface area contributed by atoms with Gasteiger partial charge in [0.25, 0.3) is 0 Å². The summed E-state index contributed by atoms with van der Waals surface area (Å²) in [7, 11) is 0. The fraction of sp³-hybridized carbons (Fsp3) is 0.917. The lowest BCUT2D eigenvalue weighted by Gasteiger charge is -2.20. The Morgan fingerprint density at radius 3 is 2.40 bits per heavy atom. The maximum atomic E-state index is 11.5. The first-order valence-corrected chi connectivity index (χ1v) is 6.02. The molecule has 1 aliphatic carbocycles. The van der Waals surface area contributed by atoms with Gasteiger partial charge in [0.15, 0.2) is 0 Å². The van der Waals surface area contributed by atoms with Crippen molar-refractivity contribution in [2.45, 2.75) is 64.5 Å². The van der Waals surface area contributed by atoms with Crippen LogP contribution in [0, 0.1) is 0 Å². The molecule has 88 valence electrons. The minimum absolute atomic E-state index is 0.107. The normalized spacial score (nSPS) is 18.1. The predicted molar refractivity (Wildman–Crippen MR) is 62.8 cm³/mol. The van der Waals surface area contributed by atoms with Gasteiger partial charge in [-0.1, -0.05) is 12.8 Å². The summed E-state index contributed by atoms with van der Waals surface area (Å²) in [6.07, 6.45) is 5.83. The van der Waals surface area contributed by atoms with E-state index < -0.39 is 0 Å². The van der Waals surface area contributed by atoms with Crippen LogP contribution in [0.15, 0.2) is 0 Å². The van der Waals surface area contributed by atoms with Crippen LogP contribution >= 0.6 is 0 Å². The molecule has 2 N–H and O–H groups in total. The summed E-state index contributed by atoms with van der Waals surface area (Å²) in [6.45, 7) is 6.84. The van der Waals surface area contributed by atoms with Crippen LogP contribution in [0.2, 0.25) is 0 Å². The highest BCUT2D eigenvalue weighted by Gasteiger charge is 2.16. The van der Waals surface area contributed by atoms with Crippen molar-refractivity contribution in [3.8, 4) is 0 Å². The van der Waals surface area contributed by atoms with Gasteiger partial charge in [-0.15, -0.1) is 0 Å². The van der Waals surface area contributed by atoms with Crippen LogP contribution < -0.4 is 10.6 Å². The van der Waals surface area contributed by atoms with E-state index in [1.54, 1.807) is 0 Å². The van der Waals surface area contributed by atoms with E-state index in [1.807, 2.05) is 20.8 Å². The molecule has 1 rings (SSSR count). The van der Waals surface area contributed by atoms with Crippen molar-refractivity contribution in [1.82, 2.24) is 10.6 Å². The lowest BCUT2D eigenvalue weighted by Crippen LogP contribution is -2.42. The average Bonchev–Trinajstić information content (AvgIpc) is 2.53. The Labute approximate surface area is 93.0 Å². The van der Waals surface area contributed by atoms with E-state index in [0.717, 1.165) is 6.54 Å². The molecule has 0 aliphatic heterocycles. The van der Waals surface area contributed by atoms with Gasteiger partial charge >= 0.3 is 0 Å². The number of rotatable bonds is 4. The molecule has 0 radical (unpaired) electrons. The topological polar surface area (TPSA) is 41.1 Å². The van der Waals surface area contributed by atoms with Crippen LogP contribution in [0.1, 0.15) is 52.9 Å². The number of amides is 1. The summed E-state index contributed by atoms with van der Waals surface area (Å²) >= 11 is 0. The zero-order valence-corrected chi connectivity index (χ0v) is 10.2. The second kappa shape index (κ2) is 5.50. The first kappa shape index (κ1) is 12.5. The van der Waals surface area contributed by atoms with Gasteiger partial charge in [-0.05, 0) is 33.6 Å². The monoisotopic (exact) mass is 212 g/mol. The van der Waals surface area contributed by atoms with Crippen LogP contribution in [-0.2, 0) is 4.79 Å². The molecule has 0 aromatic heterocycles. The summed E-state index contributed by atoms with van der Waals surface area (Å²) in [5.74, 6) is 0.146. The Morgan fingerprint density at radius 2 is 1.87 bits per heavy atom. The van der Waals surface area contributed by atoms with Gasteiger partial charge in [0, 0.05) is 24.5 Å². The number of carbonyl (C=O) groups is 1. The summed E-state index contributed by atoms with van der Waals surface area (Å²) in [4.78, 5) is 11.5. The van der Waals surface area contributed by atoms with E-state index in [0.29, 0.717) is 12.5 Å². The highest BCUT2D eigenvalue weighted by Crippen LogP contribution is 2.17.